The summed E-state index contributed by atoms with van der Waals surface area (Å²) >= 11 is 0. The summed E-state index contributed by atoms with van der Waals surface area (Å²) in [6.07, 6.45) is 1.49. The Bertz CT molecular complexity index is 458. The zero-order chi connectivity index (χ0) is 13.8. The third-order valence-electron chi connectivity index (χ3n) is 2.36. The van der Waals surface area contributed by atoms with Crippen molar-refractivity contribution in [3.8, 4) is 0 Å². The van der Waals surface area contributed by atoms with Crippen molar-refractivity contribution in [1.82, 2.24) is 16.0 Å². The van der Waals surface area contributed by atoms with Gasteiger partial charge in [0.2, 0.25) is 5.91 Å². The van der Waals surface area contributed by atoms with Crippen molar-refractivity contribution < 1.29 is 18.0 Å². The first-order valence-corrected chi connectivity index (χ1v) is 7.31. The molecule has 0 radical (unpaired) electrons. The minimum atomic E-state index is -3.15. The van der Waals surface area contributed by atoms with Crippen LogP contribution >= 0.6 is 0 Å². The molecule has 3 N–H and O–H groups in total. The number of amides is 3. The fraction of sp³-hybridized carbons (Fsp3) is 0.600. The summed E-state index contributed by atoms with van der Waals surface area (Å²) < 4.78 is 22.3. The van der Waals surface area contributed by atoms with Crippen LogP contribution in [0.5, 0.6) is 0 Å². The molecule has 0 aliphatic carbocycles. The van der Waals surface area contributed by atoms with Crippen LogP contribution in [0.1, 0.15) is 13.8 Å². The quantitative estimate of drug-likeness (QED) is 0.618. The lowest BCUT2D eigenvalue weighted by molar-refractivity contribution is -0.121. The predicted octanol–water partition coefficient (Wildman–Crippen LogP) is -0.879. The first-order chi connectivity index (χ1) is 8.34. The van der Waals surface area contributed by atoms with Crippen molar-refractivity contribution in [1.29, 1.82) is 0 Å². The molecular weight excluding hydrogens is 258 g/mol. The van der Waals surface area contributed by atoms with E-state index in [1.54, 1.807) is 13.8 Å². The molecule has 0 aromatic rings. The standard InChI is InChI=1S/C10H17N3O4S/c1-3-11-10(15)13-9(14)7(2)12-8-4-5-18(16,17)6-8/h4-5,7-8,12H,3,6H2,1-2H3,(H2,11,13,14,15). The van der Waals surface area contributed by atoms with Crippen LogP contribution in [-0.2, 0) is 14.6 Å². The average Bonchev–Trinajstić information content (AvgIpc) is 2.58. The zero-order valence-corrected chi connectivity index (χ0v) is 11.1. The van der Waals surface area contributed by atoms with E-state index in [2.05, 4.69) is 16.0 Å². The van der Waals surface area contributed by atoms with E-state index in [-0.39, 0.29) is 5.75 Å². The average molecular weight is 275 g/mol. The molecule has 3 amide bonds. The molecule has 0 saturated heterocycles. The molecule has 0 bridgehead atoms. The number of sulfone groups is 1. The smallest absolute Gasteiger partial charge is 0.321 e. The van der Waals surface area contributed by atoms with Gasteiger partial charge in [-0.05, 0) is 13.8 Å². The third-order valence-corrected chi connectivity index (χ3v) is 3.76. The van der Waals surface area contributed by atoms with E-state index in [9.17, 15) is 18.0 Å². The highest BCUT2D eigenvalue weighted by Crippen LogP contribution is 2.08. The number of urea groups is 1. The molecule has 7 nitrogen and oxygen atoms in total. The number of hydrogen-bond donors (Lipinski definition) is 3. The van der Waals surface area contributed by atoms with Gasteiger partial charge in [0.1, 0.15) is 0 Å². The van der Waals surface area contributed by atoms with E-state index < -0.39 is 33.9 Å². The van der Waals surface area contributed by atoms with E-state index in [1.807, 2.05) is 0 Å². The van der Waals surface area contributed by atoms with Crippen molar-refractivity contribution in [3.63, 3.8) is 0 Å². The lowest BCUT2D eigenvalue weighted by Gasteiger charge is -2.16. The van der Waals surface area contributed by atoms with Crippen LogP contribution in [0.3, 0.4) is 0 Å². The third kappa shape index (κ3) is 4.46. The molecule has 0 fully saturated rings. The van der Waals surface area contributed by atoms with Crippen LogP contribution in [0, 0.1) is 0 Å². The second kappa shape index (κ2) is 5.96. The molecule has 1 heterocycles. The Labute approximate surface area is 106 Å². The van der Waals surface area contributed by atoms with E-state index in [4.69, 9.17) is 0 Å². The molecule has 1 aliphatic rings. The lowest BCUT2D eigenvalue weighted by atomic mass is 10.2. The maximum atomic E-state index is 11.6. The Balaban J connectivity index is 2.42. The van der Waals surface area contributed by atoms with Gasteiger partial charge in [0, 0.05) is 18.0 Å². The molecule has 102 valence electrons. The molecule has 8 heteroatoms. The fourth-order valence-electron chi connectivity index (χ4n) is 1.50. The number of rotatable bonds is 4. The van der Waals surface area contributed by atoms with Crippen molar-refractivity contribution in [2.45, 2.75) is 25.9 Å². The highest BCUT2D eigenvalue weighted by molar-refractivity contribution is 7.94. The molecular formula is C10H17N3O4S. The summed E-state index contributed by atoms with van der Waals surface area (Å²) in [6, 6.07) is -1.62. The Hall–Kier alpha value is -1.41. The van der Waals surface area contributed by atoms with Gasteiger partial charge in [-0.3, -0.25) is 15.4 Å². The second-order valence-corrected chi connectivity index (χ2v) is 5.93. The predicted molar refractivity (Wildman–Crippen MR) is 66.5 cm³/mol. The van der Waals surface area contributed by atoms with E-state index >= 15 is 0 Å². The van der Waals surface area contributed by atoms with E-state index in [0.29, 0.717) is 6.54 Å². The summed E-state index contributed by atoms with van der Waals surface area (Å²) in [7, 11) is -3.15. The van der Waals surface area contributed by atoms with Crippen LogP contribution < -0.4 is 16.0 Å². The number of hydrogen-bond acceptors (Lipinski definition) is 5. The van der Waals surface area contributed by atoms with Crippen LogP contribution in [0.4, 0.5) is 4.79 Å². The Morgan fingerprint density at radius 2 is 2.11 bits per heavy atom. The van der Waals surface area contributed by atoms with Gasteiger partial charge in [-0.25, -0.2) is 13.2 Å². The van der Waals surface area contributed by atoms with E-state index in [1.165, 1.54) is 6.08 Å². The highest BCUT2D eigenvalue weighted by atomic mass is 32.2. The van der Waals surface area contributed by atoms with Crippen molar-refractivity contribution in [2.24, 2.45) is 0 Å². The molecule has 2 unspecified atom stereocenters. The lowest BCUT2D eigenvalue weighted by Crippen LogP contribution is -2.50. The molecule has 0 saturated carbocycles. The van der Waals surface area contributed by atoms with Gasteiger partial charge in [0.25, 0.3) is 0 Å². The fourth-order valence-corrected chi connectivity index (χ4v) is 2.75. The first kappa shape index (κ1) is 14.7. The molecule has 2 atom stereocenters. The van der Waals surface area contributed by atoms with Crippen molar-refractivity contribution in [3.05, 3.63) is 11.5 Å². The van der Waals surface area contributed by atoms with E-state index in [0.717, 1.165) is 5.41 Å². The maximum absolute atomic E-state index is 11.6. The summed E-state index contributed by atoms with van der Waals surface area (Å²) in [5.41, 5.74) is 0. The first-order valence-electron chi connectivity index (χ1n) is 5.59. The molecule has 18 heavy (non-hydrogen) atoms. The molecule has 0 aromatic carbocycles. The van der Waals surface area contributed by atoms with Gasteiger partial charge in [-0.15, -0.1) is 0 Å². The molecule has 0 spiro atoms. The largest absolute Gasteiger partial charge is 0.338 e. The zero-order valence-electron chi connectivity index (χ0n) is 10.3. The number of carbonyl (C=O) groups excluding carboxylic acids is 2. The van der Waals surface area contributed by atoms with Gasteiger partial charge in [0.15, 0.2) is 9.84 Å². The summed E-state index contributed by atoms with van der Waals surface area (Å²) in [4.78, 5) is 22.7. The van der Waals surface area contributed by atoms with Gasteiger partial charge in [-0.2, -0.15) is 0 Å². The van der Waals surface area contributed by atoms with Crippen LogP contribution in [0.15, 0.2) is 11.5 Å². The molecule has 1 rings (SSSR count). The van der Waals surface area contributed by atoms with Crippen molar-refractivity contribution in [2.75, 3.05) is 12.3 Å². The topological polar surface area (TPSA) is 104 Å². The minimum absolute atomic E-state index is 0.0637. The summed E-state index contributed by atoms with van der Waals surface area (Å²) in [5.74, 6) is -0.565. The minimum Gasteiger partial charge on any atom is -0.338 e. The summed E-state index contributed by atoms with van der Waals surface area (Å²) in [5, 5.41) is 8.53. The number of nitrogens with one attached hydrogen (secondary N) is 3. The normalized spacial score (nSPS) is 22.4. The molecule has 1 aliphatic heterocycles. The van der Waals surface area contributed by atoms with Crippen LogP contribution in [0.2, 0.25) is 0 Å². The Kier molecular flexibility index (Phi) is 4.85. The molecule has 0 aromatic heterocycles. The van der Waals surface area contributed by atoms with Gasteiger partial charge < -0.3 is 5.32 Å². The van der Waals surface area contributed by atoms with Crippen molar-refractivity contribution >= 4 is 21.8 Å². The summed E-state index contributed by atoms with van der Waals surface area (Å²) in [6.45, 7) is 3.72. The monoisotopic (exact) mass is 275 g/mol. The SMILES string of the molecule is CCNC(=O)NC(=O)C(C)NC1C=CS(=O)(=O)C1. The number of carbonyl (C=O) groups is 2. The number of imide groups is 1. The van der Waals surface area contributed by atoms with Gasteiger partial charge in [-0.1, -0.05) is 6.08 Å². The Morgan fingerprint density at radius 3 is 2.61 bits per heavy atom. The van der Waals surface area contributed by atoms with Gasteiger partial charge in [0.05, 0.1) is 11.8 Å². The van der Waals surface area contributed by atoms with Gasteiger partial charge >= 0.3 is 6.03 Å². The Morgan fingerprint density at radius 1 is 1.44 bits per heavy atom. The highest BCUT2D eigenvalue weighted by Gasteiger charge is 2.25. The van der Waals surface area contributed by atoms with Crippen LogP contribution in [-0.4, -0.2) is 44.7 Å². The second-order valence-electron chi connectivity index (χ2n) is 4.00. The van der Waals surface area contributed by atoms with Crippen LogP contribution in [0.25, 0.3) is 0 Å². The maximum Gasteiger partial charge on any atom is 0.321 e.